The van der Waals surface area contributed by atoms with E-state index in [9.17, 15) is 4.79 Å². The van der Waals surface area contributed by atoms with Crippen LogP contribution in [0, 0.1) is 5.92 Å². The molecule has 2 fully saturated rings. The standard InChI is InChI=1S/C13H24N2O2/c1-12(2,3)15-5-4-11(16)14-8-10-6-13(7-10)9-17-13/h10,15H,4-9H2,1-3H3,(H,14,16). The van der Waals surface area contributed by atoms with Gasteiger partial charge in [-0.2, -0.15) is 0 Å². The maximum absolute atomic E-state index is 11.6. The van der Waals surface area contributed by atoms with Crippen molar-refractivity contribution in [1.82, 2.24) is 10.6 Å². The lowest BCUT2D eigenvalue weighted by Gasteiger charge is -2.32. The van der Waals surface area contributed by atoms with Gasteiger partial charge in [0.05, 0.1) is 12.2 Å². The van der Waals surface area contributed by atoms with Gasteiger partial charge >= 0.3 is 0 Å². The number of hydrogen-bond donors (Lipinski definition) is 2. The molecule has 4 nitrogen and oxygen atoms in total. The van der Waals surface area contributed by atoms with Gasteiger partial charge in [0, 0.05) is 25.0 Å². The van der Waals surface area contributed by atoms with Gasteiger partial charge in [0.1, 0.15) is 0 Å². The zero-order valence-electron chi connectivity index (χ0n) is 11.1. The van der Waals surface area contributed by atoms with Gasteiger partial charge in [0.25, 0.3) is 0 Å². The second kappa shape index (κ2) is 4.58. The largest absolute Gasteiger partial charge is 0.370 e. The number of hydrogen-bond acceptors (Lipinski definition) is 3. The third-order valence-electron chi connectivity index (χ3n) is 3.47. The summed E-state index contributed by atoms with van der Waals surface area (Å²) in [6.07, 6.45) is 2.83. The van der Waals surface area contributed by atoms with Crippen molar-refractivity contribution in [2.24, 2.45) is 5.92 Å². The van der Waals surface area contributed by atoms with Crippen molar-refractivity contribution in [1.29, 1.82) is 0 Å². The summed E-state index contributed by atoms with van der Waals surface area (Å²) >= 11 is 0. The first-order chi connectivity index (χ1) is 7.89. The summed E-state index contributed by atoms with van der Waals surface area (Å²) in [5.41, 5.74) is 0.340. The van der Waals surface area contributed by atoms with Crippen molar-refractivity contribution < 1.29 is 9.53 Å². The first-order valence-electron chi connectivity index (χ1n) is 6.54. The SMILES string of the molecule is CC(C)(C)NCCC(=O)NCC1CC2(CO2)C1. The lowest BCUT2D eigenvalue weighted by Crippen LogP contribution is -2.42. The van der Waals surface area contributed by atoms with Crippen LogP contribution in [0.3, 0.4) is 0 Å². The van der Waals surface area contributed by atoms with Crippen LogP contribution in [0.2, 0.25) is 0 Å². The summed E-state index contributed by atoms with van der Waals surface area (Å²) in [6, 6.07) is 0. The van der Waals surface area contributed by atoms with E-state index in [2.05, 4.69) is 31.4 Å². The molecular formula is C13H24N2O2. The maximum Gasteiger partial charge on any atom is 0.221 e. The minimum Gasteiger partial charge on any atom is -0.370 e. The molecule has 2 N–H and O–H groups in total. The normalized spacial score (nSPS) is 31.1. The maximum atomic E-state index is 11.6. The minimum atomic E-state index is 0.0872. The van der Waals surface area contributed by atoms with Gasteiger partial charge in [-0.05, 0) is 39.5 Å². The van der Waals surface area contributed by atoms with E-state index < -0.39 is 0 Å². The number of carbonyl (C=O) groups is 1. The average molecular weight is 240 g/mol. The minimum absolute atomic E-state index is 0.0872. The molecule has 98 valence electrons. The lowest BCUT2D eigenvalue weighted by molar-refractivity contribution is -0.121. The van der Waals surface area contributed by atoms with Gasteiger partial charge in [-0.25, -0.2) is 0 Å². The van der Waals surface area contributed by atoms with E-state index in [1.54, 1.807) is 0 Å². The molecule has 0 radical (unpaired) electrons. The Balaban J connectivity index is 1.49. The van der Waals surface area contributed by atoms with Crippen LogP contribution in [0.4, 0.5) is 0 Å². The molecule has 1 saturated carbocycles. The zero-order valence-corrected chi connectivity index (χ0v) is 11.1. The molecule has 1 saturated heterocycles. The van der Waals surface area contributed by atoms with Crippen LogP contribution in [0.25, 0.3) is 0 Å². The highest BCUT2D eigenvalue weighted by molar-refractivity contribution is 5.76. The number of epoxide rings is 1. The molecule has 2 rings (SSSR count). The molecule has 0 aromatic carbocycles. The van der Waals surface area contributed by atoms with E-state index in [1.807, 2.05) is 0 Å². The topological polar surface area (TPSA) is 53.7 Å². The molecule has 2 aliphatic rings. The van der Waals surface area contributed by atoms with Crippen LogP contribution < -0.4 is 10.6 Å². The van der Waals surface area contributed by atoms with Crippen LogP contribution in [0.5, 0.6) is 0 Å². The summed E-state index contributed by atoms with van der Waals surface area (Å²) in [5.74, 6) is 0.788. The third-order valence-corrected chi connectivity index (χ3v) is 3.47. The predicted molar refractivity (Wildman–Crippen MR) is 66.8 cm³/mol. The van der Waals surface area contributed by atoms with Crippen molar-refractivity contribution in [2.75, 3.05) is 19.7 Å². The summed E-state index contributed by atoms with van der Waals surface area (Å²) < 4.78 is 5.35. The Labute approximate surface area is 103 Å². The van der Waals surface area contributed by atoms with Crippen LogP contribution in [-0.2, 0) is 9.53 Å². The van der Waals surface area contributed by atoms with Crippen molar-refractivity contribution in [2.45, 2.75) is 51.2 Å². The van der Waals surface area contributed by atoms with Gasteiger partial charge in [0.15, 0.2) is 0 Å². The summed E-state index contributed by atoms with van der Waals surface area (Å²) in [4.78, 5) is 11.6. The Kier molecular flexibility index (Phi) is 3.46. The van der Waals surface area contributed by atoms with Crippen LogP contribution in [0.15, 0.2) is 0 Å². The number of nitrogens with one attached hydrogen (secondary N) is 2. The van der Waals surface area contributed by atoms with Crippen molar-refractivity contribution in [3.63, 3.8) is 0 Å². The summed E-state index contributed by atoms with van der Waals surface area (Å²) in [6.45, 7) is 8.82. The average Bonchev–Trinajstić information content (AvgIpc) is 2.90. The second-order valence-electron chi connectivity index (χ2n) is 6.48. The predicted octanol–water partition coefficient (Wildman–Crippen LogP) is 1.06. The molecule has 0 aromatic heterocycles. The molecule has 0 bridgehead atoms. The molecule has 1 aliphatic heterocycles. The molecule has 1 spiro atoms. The molecule has 0 unspecified atom stereocenters. The Morgan fingerprint density at radius 1 is 1.41 bits per heavy atom. The van der Waals surface area contributed by atoms with E-state index in [1.165, 1.54) is 0 Å². The number of amides is 1. The number of carbonyl (C=O) groups excluding carboxylic acids is 1. The molecule has 1 amide bonds. The Morgan fingerprint density at radius 2 is 2.06 bits per heavy atom. The van der Waals surface area contributed by atoms with Gasteiger partial charge in [-0.15, -0.1) is 0 Å². The fraction of sp³-hybridized carbons (Fsp3) is 0.923. The van der Waals surface area contributed by atoms with Gasteiger partial charge in [-0.3, -0.25) is 4.79 Å². The van der Waals surface area contributed by atoms with E-state index in [0.29, 0.717) is 12.3 Å². The van der Waals surface area contributed by atoms with Gasteiger partial charge in [-0.1, -0.05) is 0 Å². The third kappa shape index (κ3) is 3.96. The molecular weight excluding hydrogens is 216 g/mol. The fourth-order valence-electron chi connectivity index (χ4n) is 2.37. The van der Waals surface area contributed by atoms with Crippen molar-refractivity contribution in [3.8, 4) is 0 Å². The molecule has 4 heteroatoms. The quantitative estimate of drug-likeness (QED) is 0.707. The molecule has 17 heavy (non-hydrogen) atoms. The number of rotatable bonds is 5. The second-order valence-corrected chi connectivity index (χ2v) is 6.48. The summed E-state index contributed by atoms with van der Waals surface area (Å²) in [7, 11) is 0. The Bertz CT molecular complexity index is 284. The van der Waals surface area contributed by atoms with Crippen LogP contribution in [-0.4, -0.2) is 36.7 Å². The number of ether oxygens (including phenoxy) is 1. The Hall–Kier alpha value is -0.610. The first kappa shape index (κ1) is 12.8. The first-order valence-corrected chi connectivity index (χ1v) is 6.54. The van der Waals surface area contributed by atoms with E-state index in [-0.39, 0.29) is 17.0 Å². The van der Waals surface area contributed by atoms with Crippen LogP contribution in [0.1, 0.15) is 40.0 Å². The molecule has 0 aromatic rings. The van der Waals surface area contributed by atoms with Crippen LogP contribution >= 0.6 is 0 Å². The highest BCUT2D eigenvalue weighted by Gasteiger charge is 2.54. The molecule has 1 heterocycles. The molecule has 1 aliphatic carbocycles. The van der Waals surface area contributed by atoms with Crippen molar-refractivity contribution in [3.05, 3.63) is 0 Å². The monoisotopic (exact) mass is 240 g/mol. The lowest BCUT2D eigenvalue weighted by atomic mass is 9.75. The van der Waals surface area contributed by atoms with E-state index >= 15 is 0 Å². The Morgan fingerprint density at radius 3 is 2.59 bits per heavy atom. The highest BCUT2D eigenvalue weighted by atomic mass is 16.6. The fourth-order valence-corrected chi connectivity index (χ4v) is 2.37. The smallest absolute Gasteiger partial charge is 0.221 e. The van der Waals surface area contributed by atoms with E-state index in [0.717, 1.165) is 32.5 Å². The zero-order chi connectivity index (χ0) is 12.5. The van der Waals surface area contributed by atoms with Gasteiger partial charge in [0.2, 0.25) is 5.91 Å². The van der Waals surface area contributed by atoms with Gasteiger partial charge < -0.3 is 15.4 Å². The summed E-state index contributed by atoms with van der Waals surface area (Å²) in [5, 5.41) is 6.31. The van der Waals surface area contributed by atoms with E-state index in [4.69, 9.17) is 4.74 Å². The van der Waals surface area contributed by atoms with Crippen molar-refractivity contribution >= 4 is 5.91 Å². The highest BCUT2D eigenvalue weighted by Crippen LogP contribution is 2.49. The molecule has 0 atom stereocenters.